The monoisotopic (exact) mass is 874 g/mol. The molecule has 0 fully saturated rings. The summed E-state index contributed by atoms with van der Waals surface area (Å²) in [5, 5.41) is 16.2. The van der Waals surface area contributed by atoms with E-state index in [0.29, 0.717) is 48.1 Å². The van der Waals surface area contributed by atoms with E-state index >= 15 is 0 Å². The maximum atomic E-state index is 13.5. The van der Waals surface area contributed by atoms with Crippen LogP contribution in [0.4, 0.5) is 26.9 Å². The number of urea groups is 1. The Bertz CT molecular complexity index is 2110. The lowest BCUT2D eigenvalue weighted by molar-refractivity contribution is -0.131. The minimum absolute atomic E-state index is 0.0242. The fourth-order valence-electron chi connectivity index (χ4n) is 5.93. The Kier molecular flexibility index (Phi) is 18.6. The third-order valence-electron chi connectivity index (χ3n) is 9.17. The number of nitrogens with zero attached hydrogens (tertiary/aromatic N) is 8. The Hall–Kier alpha value is -7.26. The number of azide groups is 1. The number of carbonyl (C=O) groups excluding carboxylic acids is 6. The van der Waals surface area contributed by atoms with Crippen LogP contribution in [-0.2, 0) is 43.5 Å². The highest BCUT2D eigenvalue weighted by molar-refractivity contribution is 6.03. The van der Waals surface area contributed by atoms with Gasteiger partial charge in [-0.15, -0.1) is 0 Å². The van der Waals surface area contributed by atoms with Gasteiger partial charge in [-0.1, -0.05) is 44.1 Å². The van der Waals surface area contributed by atoms with Gasteiger partial charge in [-0.25, -0.2) is 14.6 Å². The van der Waals surface area contributed by atoms with Crippen molar-refractivity contribution in [1.82, 2.24) is 35.8 Å². The van der Waals surface area contributed by atoms with Crippen LogP contribution in [0.15, 0.2) is 47.7 Å². The van der Waals surface area contributed by atoms with Crippen molar-refractivity contribution in [1.29, 1.82) is 0 Å². The lowest BCUT2D eigenvalue weighted by Crippen LogP contribution is -2.55. The van der Waals surface area contributed by atoms with Crippen LogP contribution in [0.5, 0.6) is 11.9 Å². The zero-order valence-corrected chi connectivity index (χ0v) is 35.9. The SMILES string of the molecule is CCCOc1nc(NC(=O)OCc2ccc(NC(=O)[C@H](CCCNC(N)=O)NC(=O)[C@@H](NC(=O)CN=[N+]=[N-])C(C)C)cc2)c2c(n1)N(Cc1ccc(OCCN(C)C)nc1)C(=O)C2. The summed E-state index contributed by atoms with van der Waals surface area (Å²) in [7, 11) is 3.89. The van der Waals surface area contributed by atoms with Crippen molar-refractivity contribution < 1.29 is 43.0 Å². The Morgan fingerprint density at radius 1 is 0.984 bits per heavy atom. The molecule has 0 saturated heterocycles. The van der Waals surface area contributed by atoms with E-state index in [0.717, 1.165) is 12.1 Å². The summed E-state index contributed by atoms with van der Waals surface area (Å²) in [6.07, 6.45) is 1.74. The van der Waals surface area contributed by atoms with E-state index < -0.39 is 48.5 Å². The second-order valence-electron chi connectivity index (χ2n) is 14.9. The fraction of sp³-hybridized carbons (Fsp3) is 0.475. The molecule has 1 aliphatic heterocycles. The second-order valence-corrected chi connectivity index (χ2v) is 14.9. The molecule has 0 unspecified atom stereocenters. The van der Waals surface area contributed by atoms with Gasteiger partial charge in [0.25, 0.3) is 0 Å². The third-order valence-corrected chi connectivity index (χ3v) is 9.17. The summed E-state index contributed by atoms with van der Waals surface area (Å²) in [6, 6.07) is 7.03. The predicted octanol–water partition coefficient (Wildman–Crippen LogP) is 2.76. The first-order chi connectivity index (χ1) is 30.2. The van der Waals surface area contributed by atoms with E-state index in [1.54, 1.807) is 50.4 Å². The molecule has 1 aliphatic rings. The summed E-state index contributed by atoms with van der Waals surface area (Å²) in [5.74, 6) is -1.73. The van der Waals surface area contributed by atoms with Gasteiger partial charge >= 0.3 is 18.1 Å². The number of hydrogen-bond acceptors (Lipinski definition) is 14. The molecule has 0 spiro atoms. The highest BCUT2D eigenvalue weighted by atomic mass is 16.5. The standard InChI is InChI=1S/C40H54N14O9/c1-6-17-62-39-49-34(28-19-32(56)54(35(28)51-39)22-26-11-14-31(44-20-26)61-18-16-53(4)5)50-40(60)63-23-25-9-12-27(13-10-25)46-36(57)29(8-7-15-43-38(41)59)47-37(58)33(24(2)3)48-30(55)21-45-52-42/h9-14,20,24,29,33H,6-8,15-19,21-23H2,1-5H3,(H,46,57)(H,47,58)(H,48,55)(H3,41,43,59)(H,49,50,51,60)/t29-,33-/m0/s1. The second kappa shape index (κ2) is 24.3. The third kappa shape index (κ3) is 15.6. The van der Waals surface area contributed by atoms with Gasteiger partial charge in [0, 0.05) is 41.5 Å². The zero-order chi connectivity index (χ0) is 45.9. The molecule has 0 aliphatic carbocycles. The van der Waals surface area contributed by atoms with E-state index in [-0.39, 0.29) is 62.6 Å². The smallest absolute Gasteiger partial charge is 0.413 e. The molecular weight excluding hydrogens is 821 g/mol. The van der Waals surface area contributed by atoms with Gasteiger partial charge in [0.1, 0.15) is 43.5 Å². The highest BCUT2D eigenvalue weighted by Gasteiger charge is 2.34. The van der Waals surface area contributed by atoms with Gasteiger partial charge in [-0.05, 0) is 68.1 Å². The molecular formula is C40H54N14O9. The molecule has 0 saturated carbocycles. The lowest BCUT2D eigenvalue weighted by Gasteiger charge is -2.25. The topological polar surface area (TPSA) is 310 Å². The molecule has 0 radical (unpaired) electrons. The quantitative estimate of drug-likeness (QED) is 0.0327. The number of nitrogens with one attached hydrogen (secondary N) is 5. The summed E-state index contributed by atoms with van der Waals surface area (Å²) in [5.41, 5.74) is 15.7. The van der Waals surface area contributed by atoms with E-state index in [1.165, 1.54) is 4.90 Å². The van der Waals surface area contributed by atoms with Crippen LogP contribution in [0.25, 0.3) is 10.4 Å². The van der Waals surface area contributed by atoms with E-state index in [1.807, 2.05) is 32.0 Å². The van der Waals surface area contributed by atoms with Crippen LogP contribution < -0.4 is 46.7 Å². The number of rotatable bonds is 24. The van der Waals surface area contributed by atoms with Gasteiger partial charge in [0.05, 0.1) is 19.6 Å². The van der Waals surface area contributed by atoms with Crippen LogP contribution >= 0.6 is 0 Å². The number of benzene rings is 1. The van der Waals surface area contributed by atoms with Crippen LogP contribution in [0, 0.1) is 5.92 Å². The first-order valence-corrected chi connectivity index (χ1v) is 20.2. The average Bonchev–Trinajstić information content (AvgIpc) is 3.56. The first kappa shape index (κ1) is 48.4. The number of ether oxygens (including phenoxy) is 3. The predicted molar refractivity (Wildman–Crippen MR) is 229 cm³/mol. The summed E-state index contributed by atoms with van der Waals surface area (Å²) >= 11 is 0. The molecule has 2 aromatic heterocycles. The van der Waals surface area contributed by atoms with E-state index in [4.69, 9.17) is 25.5 Å². The fourth-order valence-corrected chi connectivity index (χ4v) is 5.93. The molecule has 23 nitrogen and oxygen atoms in total. The van der Waals surface area contributed by atoms with Crippen LogP contribution in [0.3, 0.4) is 0 Å². The maximum absolute atomic E-state index is 13.5. The molecule has 3 heterocycles. The van der Waals surface area contributed by atoms with Gasteiger partial charge in [0.2, 0.25) is 29.5 Å². The first-order valence-electron chi connectivity index (χ1n) is 20.2. The number of primary amides is 1. The number of hydrogen-bond donors (Lipinski definition) is 6. The van der Waals surface area contributed by atoms with Crippen LogP contribution in [0.2, 0.25) is 0 Å². The van der Waals surface area contributed by atoms with Crippen molar-refractivity contribution in [3.63, 3.8) is 0 Å². The number of anilines is 3. The molecule has 338 valence electrons. The molecule has 7 N–H and O–H groups in total. The molecule has 3 aromatic rings. The highest BCUT2D eigenvalue weighted by Crippen LogP contribution is 2.35. The van der Waals surface area contributed by atoms with Gasteiger partial charge in [-0.2, -0.15) is 9.97 Å². The van der Waals surface area contributed by atoms with E-state index in [9.17, 15) is 28.8 Å². The number of carbonyl (C=O) groups is 6. The zero-order valence-electron chi connectivity index (χ0n) is 35.9. The van der Waals surface area contributed by atoms with Crippen molar-refractivity contribution >= 4 is 53.1 Å². The van der Waals surface area contributed by atoms with Crippen molar-refractivity contribution in [2.75, 3.05) is 62.5 Å². The lowest BCUT2D eigenvalue weighted by atomic mass is 10.0. The Morgan fingerprint density at radius 3 is 2.38 bits per heavy atom. The number of fused-ring (bicyclic) bond motifs is 1. The van der Waals surface area contributed by atoms with Gasteiger partial charge < -0.3 is 46.1 Å². The molecule has 2 atom stereocenters. The normalized spacial score (nSPS) is 12.7. The Morgan fingerprint density at radius 2 is 1.73 bits per heavy atom. The summed E-state index contributed by atoms with van der Waals surface area (Å²) in [4.78, 5) is 95.7. The largest absolute Gasteiger partial charge is 0.476 e. The minimum atomic E-state index is -1.09. The van der Waals surface area contributed by atoms with Gasteiger partial charge in [-0.3, -0.25) is 29.4 Å². The molecule has 1 aromatic carbocycles. The van der Waals surface area contributed by atoms with Crippen molar-refractivity contribution in [2.45, 2.75) is 71.7 Å². The van der Waals surface area contributed by atoms with E-state index in [2.05, 4.69) is 51.6 Å². The molecule has 23 heteroatoms. The molecule has 7 amide bonds. The summed E-state index contributed by atoms with van der Waals surface area (Å²) < 4.78 is 16.9. The molecule has 0 bridgehead atoms. The number of likely N-dealkylation sites (N-methyl/N-ethyl adjacent to an activating group) is 1. The Labute approximate surface area is 363 Å². The molecule has 63 heavy (non-hydrogen) atoms. The van der Waals surface area contributed by atoms with Crippen LogP contribution in [0.1, 0.15) is 56.7 Å². The average molecular weight is 875 g/mol. The minimum Gasteiger partial charge on any atom is -0.476 e. The van der Waals surface area contributed by atoms with Crippen molar-refractivity contribution in [3.8, 4) is 11.9 Å². The number of nitrogens with two attached hydrogens (primary N) is 1. The summed E-state index contributed by atoms with van der Waals surface area (Å²) in [6.45, 7) is 6.42. The van der Waals surface area contributed by atoms with Crippen LogP contribution in [-0.4, -0.2) is 115 Å². The maximum Gasteiger partial charge on any atom is 0.413 e. The molecule has 4 rings (SSSR count). The van der Waals surface area contributed by atoms with Crippen molar-refractivity contribution in [3.05, 3.63) is 69.7 Å². The van der Waals surface area contributed by atoms with Crippen molar-refractivity contribution in [2.24, 2.45) is 16.8 Å². The Balaban J connectivity index is 1.39. The number of pyridine rings is 1. The number of aromatic nitrogens is 3. The number of amides is 7. The van der Waals surface area contributed by atoms with Gasteiger partial charge in [0.15, 0.2) is 0 Å².